The van der Waals surface area contributed by atoms with E-state index in [1.807, 2.05) is 45.0 Å². The third-order valence-electron chi connectivity index (χ3n) is 4.51. The fraction of sp³-hybridized carbons (Fsp3) is 0.261. The molecule has 1 atom stereocenters. The van der Waals surface area contributed by atoms with Gasteiger partial charge in [-0.05, 0) is 43.3 Å². The first-order chi connectivity index (χ1) is 13.6. The van der Waals surface area contributed by atoms with Crippen molar-refractivity contribution < 1.29 is 19.1 Å². The van der Waals surface area contributed by atoms with Gasteiger partial charge in [-0.2, -0.15) is 0 Å². The summed E-state index contributed by atoms with van der Waals surface area (Å²) in [6, 6.07) is 15.7. The van der Waals surface area contributed by atoms with Crippen LogP contribution in [0.1, 0.15) is 48.5 Å². The van der Waals surface area contributed by atoms with Crippen LogP contribution in [0, 0.1) is 5.41 Å². The van der Waals surface area contributed by atoms with Gasteiger partial charge < -0.3 is 15.0 Å². The van der Waals surface area contributed by atoms with Crippen LogP contribution >= 0.6 is 0 Å². The van der Waals surface area contributed by atoms with Gasteiger partial charge in [0.05, 0.1) is 0 Å². The van der Waals surface area contributed by atoms with E-state index >= 15 is 0 Å². The van der Waals surface area contributed by atoms with Crippen LogP contribution in [-0.4, -0.2) is 28.7 Å². The molecule has 2 aromatic carbocycles. The number of para-hydroxylation sites is 1. The summed E-state index contributed by atoms with van der Waals surface area (Å²) in [4.78, 5) is 40.0. The van der Waals surface area contributed by atoms with Crippen molar-refractivity contribution in [1.82, 2.24) is 4.98 Å². The van der Waals surface area contributed by atoms with E-state index in [9.17, 15) is 14.4 Å². The molecule has 0 spiro atoms. The largest absolute Gasteiger partial charge is 0.450 e. The number of aromatic amines is 1. The Bertz CT molecular complexity index is 1030. The zero-order valence-electron chi connectivity index (χ0n) is 16.9. The Morgan fingerprint density at radius 1 is 1.00 bits per heavy atom. The Balaban J connectivity index is 1.65. The predicted octanol–water partition coefficient (Wildman–Crippen LogP) is 4.58. The third-order valence-corrected chi connectivity index (χ3v) is 4.51. The number of Topliss-reactive ketones (excluding diaryl/α,β-unsaturated/α-hetero) is 1. The van der Waals surface area contributed by atoms with Gasteiger partial charge in [0.15, 0.2) is 6.10 Å². The molecule has 1 aromatic heterocycles. The molecular formula is C23H24N2O4. The van der Waals surface area contributed by atoms with Crippen LogP contribution in [0.4, 0.5) is 5.69 Å². The number of H-pyrrole nitrogens is 1. The Labute approximate surface area is 169 Å². The van der Waals surface area contributed by atoms with Crippen LogP contribution in [0.3, 0.4) is 0 Å². The first-order valence-electron chi connectivity index (χ1n) is 9.39. The molecule has 0 radical (unpaired) electrons. The molecule has 0 bridgehead atoms. The summed E-state index contributed by atoms with van der Waals surface area (Å²) in [5.74, 6) is -1.02. The summed E-state index contributed by atoms with van der Waals surface area (Å²) < 4.78 is 5.33. The van der Waals surface area contributed by atoms with Crippen molar-refractivity contribution in [3.63, 3.8) is 0 Å². The van der Waals surface area contributed by atoms with Crippen molar-refractivity contribution in [2.45, 2.75) is 33.8 Å². The number of esters is 1. The molecule has 0 aliphatic rings. The molecule has 0 saturated heterocycles. The van der Waals surface area contributed by atoms with E-state index < -0.39 is 17.5 Å². The number of aromatic nitrogens is 1. The average molecular weight is 392 g/mol. The SMILES string of the molecule is C[C@H](OC(=O)c1cc2ccccc2[nH]1)C(=O)c1ccc(NC(=O)C(C)(C)C)cc1. The van der Waals surface area contributed by atoms with Crippen molar-refractivity contribution in [2.24, 2.45) is 5.41 Å². The first kappa shape index (κ1) is 20.3. The lowest BCUT2D eigenvalue weighted by molar-refractivity contribution is -0.123. The zero-order chi connectivity index (χ0) is 21.2. The second kappa shape index (κ2) is 7.91. The summed E-state index contributed by atoms with van der Waals surface area (Å²) in [7, 11) is 0. The molecule has 6 nitrogen and oxygen atoms in total. The monoisotopic (exact) mass is 392 g/mol. The number of nitrogens with one attached hydrogen (secondary N) is 2. The quantitative estimate of drug-likeness (QED) is 0.491. The number of hydrogen-bond donors (Lipinski definition) is 2. The van der Waals surface area contributed by atoms with Crippen LogP contribution in [0.25, 0.3) is 10.9 Å². The van der Waals surface area contributed by atoms with Crippen LogP contribution in [0.15, 0.2) is 54.6 Å². The molecule has 6 heteroatoms. The minimum absolute atomic E-state index is 0.114. The van der Waals surface area contributed by atoms with E-state index in [1.54, 1.807) is 30.3 Å². The summed E-state index contributed by atoms with van der Waals surface area (Å²) in [5, 5.41) is 3.70. The standard InChI is InChI=1S/C23H24N2O4/c1-14(29-21(27)19-13-16-7-5-6-8-18(16)25-19)20(26)15-9-11-17(12-10-15)24-22(28)23(2,3)4/h5-14,25H,1-4H3,(H,24,28)/t14-/m0/s1. The van der Waals surface area contributed by atoms with Gasteiger partial charge >= 0.3 is 5.97 Å². The molecule has 0 aliphatic carbocycles. The van der Waals surface area contributed by atoms with Gasteiger partial charge in [-0.15, -0.1) is 0 Å². The van der Waals surface area contributed by atoms with E-state index in [-0.39, 0.29) is 11.7 Å². The van der Waals surface area contributed by atoms with E-state index in [4.69, 9.17) is 4.74 Å². The first-order valence-corrected chi connectivity index (χ1v) is 9.39. The maximum absolute atomic E-state index is 12.6. The smallest absolute Gasteiger partial charge is 0.355 e. The molecule has 150 valence electrons. The maximum atomic E-state index is 12.6. The Morgan fingerprint density at radius 3 is 2.28 bits per heavy atom. The van der Waals surface area contributed by atoms with Gasteiger partial charge in [0.2, 0.25) is 11.7 Å². The number of carbonyl (C=O) groups is 3. The molecule has 0 aliphatic heterocycles. The van der Waals surface area contributed by atoms with Crippen molar-refractivity contribution >= 4 is 34.3 Å². The topological polar surface area (TPSA) is 88.3 Å². The lowest BCUT2D eigenvalue weighted by Crippen LogP contribution is -2.27. The number of benzene rings is 2. The maximum Gasteiger partial charge on any atom is 0.355 e. The molecule has 3 rings (SSSR count). The molecule has 1 amide bonds. The van der Waals surface area contributed by atoms with E-state index in [0.29, 0.717) is 16.9 Å². The van der Waals surface area contributed by atoms with Crippen molar-refractivity contribution in [1.29, 1.82) is 0 Å². The third kappa shape index (κ3) is 4.71. The fourth-order valence-corrected chi connectivity index (χ4v) is 2.73. The summed E-state index contributed by atoms with van der Waals surface area (Å²) >= 11 is 0. The lowest BCUT2D eigenvalue weighted by atomic mass is 9.95. The van der Waals surface area contributed by atoms with E-state index in [0.717, 1.165) is 10.9 Å². The molecule has 0 unspecified atom stereocenters. The van der Waals surface area contributed by atoms with Gasteiger partial charge in [0, 0.05) is 27.6 Å². The molecule has 3 aromatic rings. The molecule has 1 heterocycles. The van der Waals surface area contributed by atoms with Crippen LogP contribution in [0.2, 0.25) is 0 Å². The number of carbonyl (C=O) groups excluding carboxylic acids is 3. The van der Waals surface area contributed by atoms with Crippen LogP contribution in [0.5, 0.6) is 0 Å². The number of anilines is 1. The van der Waals surface area contributed by atoms with Crippen molar-refractivity contribution in [3.05, 3.63) is 65.9 Å². The number of fused-ring (bicyclic) bond motifs is 1. The summed E-state index contributed by atoms with van der Waals surface area (Å²) in [6.45, 7) is 7.01. The summed E-state index contributed by atoms with van der Waals surface area (Å²) in [5.41, 5.74) is 1.61. The fourth-order valence-electron chi connectivity index (χ4n) is 2.73. The second-order valence-corrected chi connectivity index (χ2v) is 7.96. The average Bonchev–Trinajstić information content (AvgIpc) is 3.11. The van der Waals surface area contributed by atoms with E-state index in [2.05, 4.69) is 10.3 Å². The highest BCUT2D eigenvalue weighted by Crippen LogP contribution is 2.19. The predicted molar refractivity (Wildman–Crippen MR) is 112 cm³/mol. The van der Waals surface area contributed by atoms with Crippen LogP contribution in [-0.2, 0) is 9.53 Å². The molecule has 2 N–H and O–H groups in total. The highest BCUT2D eigenvalue weighted by molar-refractivity contribution is 6.02. The van der Waals surface area contributed by atoms with Gasteiger partial charge in [-0.1, -0.05) is 39.0 Å². The molecular weight excluding hydrogens is 368 g/mol. The number of rotatable bonds is 5. The zero-order valence-corrected chi connectivity index (χ0v) is 16.9. The number of ketones is 1. The minimum Gasteiger partial charge on any atom is -0.450 e. The Morgan fingerprint density at radius 2 is 1.66 bits per heavy atom. The van der Waals surface area contributed by atoms with E-state index in [1.165, 1.54) is 6.92 Å². The van der Waals surface area contributed by atoms with Gasteiger partial charge in [-0.3, -0.25) is 9.59 Å². The number of amides is 1. The normalized spacial score (nSPS) is 12.4. The van der Waals surface area contributed by atoms with Gasteiger partial charge in [0.1, 0.15) is 5.69 Å². The minimum atomic E-state index is -0.941. The highest BCUT2D eigenvalue weighted by atomic mass is 16.5. The van der Waals surface area contributed by atoms with Crippen molar-refractivity contribution in [3.8, 4) is 0 Å². The molecule has 29 heavy (non-hydrogen) atoms. The van der Waals surface area contributed by atoms with Crippen LogP contribution < -0.4 is 5.32 Å². The lowest BCUT2D eigenvalue weighted by Gasteiger charge is -2.18. The molecule has 0 fully saturated rings. The molecule has 0 saturated carbocycles. The number of hydrogen-bond acceptors (Lipinski definition) is 4. The van der Waals surface area contributed by atoms with Gasteiger partial charge in [-0.25, -0.2) is 4.79 Å². The van der Waals surface area contributed by atoms with Gasteiger partial charge in [0.25, 0.3) is 0 Å². The highest BCUT2D eigenvalue weighted by Gasteiger charge is 2.23. The second-order valence-electron chi connectivity index (χ2n) is 7.96. The Hall–Kier alpha value is -3.41. The van der Waals surface area contributed by atoms with Crippen molar-refractivity contribution in [2.75, 3.05) is 5.32 Å². The Kier molecular flexibility index (Phi) is 5.55. The number of ether oxygens (including phenoxy) is 1. The summed E-state index contributed by atoms with van der Waals surface area (Å²) in [6.07, 6.45) is -0.941.